The number of aromatic amines is 1. The normalized spacial score (nSPS) is 15.0. The van der Waals surface area contributed by atoms with Gasteiger partial charge in [-0.1, -0.05) is 12.1 Å². The number of methoxy groups -OCH3 is 1. The molecule has 0 aromatic carbocycles. The van der Waals surface area contributed by atoms with Gasteiger partial charge in [0, 0.05) is 0 Å². The largest absolute Gasteiger partial charge is 0.468 e. The van der Waals surface area contributed by atoms with Gasteiger partial charge in [0.25, 0.3) is 0 Å². The molecule has 0 bridgehead atoms. The van der Waals surface area contributed by atoms with Crippen molar-refractivity contribution in [1.82, 2.24) is 20.6 Å². The molecule has 13 heavy (non-hydrogen) atoms. The molecule has 1 heterocycles. The van der Waals surface area contributed by atoms with E-state index in [1.807, 2.05) is 6.92 Å². The topological polar surface area (TPSA) is 80.8 Å². The van der Waals surface area contributed by atoms with Gasteiger partial charge in [-0.2, -0.15) is 5.21 Å². The molecule has 0 fully saturated rings. The number of nitrogens with one attached hydrogen (secondary N) is 1. The fraction of sp³-hybridized carbons (Fsp3) is 0.714. The molecule has 1 rings (SSSR count). The third-order valence-electron chi connectivity index (χ3n) is 2.18. The summed E-state index contributed by atoms with van der Waals surface area (Å²) in [6.45, 7) is 3.59. The fourth-order valence-corrected chi connectivity index (χ4v) is 1.01. The quantitative estimate of drug-likeness (QED) is 0.671. The summed E-state index contributed by atoms with van der Waals surface area (Å²) in [4.78, 5) is 11.4. The average molecular weight is 184 g/mol. The van der Waals surface area contributed by atoms with Gasteiger partial charge in [-0.3, -0.25) is 4.79 Å². The van der Waals surface area contributed by atoms with E-state index in [-0.39, 0.29) is 5.97 Å². The zero-order valence-corrected chi connectivity index (χ0v) is 7.87. The second-order valence-corrected chi connectivity index (χ2v) is 2.91. The fourth-order valence-electron chi connectivity index (χ4n) is 1.01. The Morgan fingerprint density at radius 2 is 2.38 bits per heavy atom. The van der Waals surface area contributed by atoms with Crippen LogP contribution in [0.1, 0.15) is 26.1 Å². The Bertz CT molecular complexity index is 285. The smallest absolute Gasteiger partial charge is 0.319 e. The summed E-state index contributed by atoms with van der Waals surface area (Å²) < 4.78 is 4.67. The minimum Gasteiger partial charge on any atom is -0.468 e. The van der Waals surface area contributed by atoms with Crippen LogP contribution >= 0.6 is 0 Å². The lowest BCUT2D eigenvalue weighted by Crippen LogP contribution is -2.34. The predicted molar refractivity (Wildman–Crippen MR) is 43.8 cm³/mol. The number of rotatable bonds is 3. The second kappa shape index (κ2) is 3.51. The van der Waals surface area contributed by atoms with Gasteiger partial charge in [-0.15, -0.1) is 10.2 Å². The molecule has 0 saturated heterocycles. The van der Waals surface area contributed by atoms with Crippen LogP contribution in [-0.4, -0.2) is 33.7 Å². The number of carbonyl (C=O) groups is 1. The molecule has 1 atom stereocenters. The van der Waals surface area contributed by atoms with Gasteiger partial charge in [0.1, 0.15) is 5.41 Å². The highest BCUT2D eigenvalue weighted by Gasteiger charge is 2.38. The lowest BCUT2D eigenvalue weighted by molar-refractivity contribution is -0.147. The van der Waals surface area contributed by atoms with Crippen molar-refractivity contribution in [3.8, 4) is 0 Å². The minimum atomic E-state index is -0.804. The summed E-state index contributed by atoms with van der Waals surface area (Å²) in [5.41, 5.74) is -0.804. The summed E-state index contributed by atoms with van der Waals surface area (Å²) in [6, 6.07) is 0. The van der Waals surface area contributed by atoms with Gasteiger partial charge < -0.3 is 4.74 Å². The van der Waals surface area contributed by atoms with Crippen LogP contribution < -0.4 is 0 Å². The first-order valence-corrected chi connectivity index (χ1v) is 3.97. The molecule has 0 saturated carbocycles. The van der Waals surface area contributed by atoms with Gasteiger partial charge >= 0.3 is 5.97 Å². The van der Waals surface area contributed by atoms with Crippen molar-refractivity contribution >= 4 is 5.97 Å². The summed E-state index contributed by atoms with van der Waals surface area (Å²) in [5.74, 6) is 0.0123. The van der Waals surface area contributed by atoms with E-state index in [1.165, 1.54) is 7.11 Å². The van der Waals surface area contributed by atoms with Crippen molar-refractivity contribution in [1.29, 1.82) is 0 Å². The third kappa shape index (κ3) is 1.51. The van der Waals surface area contributed by atoms with Gasteiger partial charge in [0.2, 0.25) is 0 Å². The molecule has 0 amide bonds. The third-order valence-corrected chi connectivity index (χ3v) is 2.18. The number of aromatic nitrogens is 4. The van der Waals surface area contributed by atoms with E-state index in [2.05, 4.69) is 25.4 Å². The average Bonchev–Trinajstić information content (AvgIpc) is 2.68. The SMILES string of the molecule is CCC(C)(C(=O)OC)c1nn[nH]n1. The number of carbonyl (C=O) groups excluding carboxylic acids is 1. The second-order valence-electron chi connectivity index (χ2n) is 2.91. The number of esters is 1. The number of ether oxygens (including phenoxy) is 1. The molecule has 72 valence electrons. The van der Waals surface area contributed by atoms with E-state index >= 15 is 0 Å². The highest BCUT2D eigenvalue weighted by molar-refractivity contribution is 5.81. The van der Waals surface area contributed by atoms with E-state index in [0.717, 1.165) is 0 Å². The molecule has 1 unspecified atom stereocenters. The molecule has 1 aromatic rings. The van der Waals surface area contributed by atoms with Crippen molar-refractivity contribution in [3.05, 3.63) is 5.82 Å². The molecule has 0 aliphatic heterocycles. The molecule has 1 aromatic heterocycles. The predicted octanol–water partition coefficient (Wildman–Crippen LogP) is 0.0404. The van der Waals surface area contributed by atoms with Gasteiger partial charge in [-0.25, -0.2) is 0 Å². The minimum absolute atomic E-state index is 0.351. The Labute approximate surface area is 75.7 Å². The standard InChI is InChI=1S/C7H12N4O2/c1-4-7(2,6(12)13-3)5-8-10-11-9-5/h4H2,1-3H3,(H,8,9,10,11). The van der Waals surface area contributed by atoms with E-state index in [0.29, 0.717) is 12.2 Å². The number of tetrazole rings is 1. The lowest BCUT2D eigenvalue weighted by Gasteiger charge is -2.20. The molecule has 6 nitrogen and oxygen atoms in total. The highest BCUT2D eigenvalue weighted by Crippen LogP contribution is 2.24. The Kier molecular flexibility index (Phi) is 2.60. The molecule has 0 aliphatic carbocycles. The molecule has 0 radical (unpaired) electrons. The maximum Gasteiger partial charge on any atom is 0.319 e. The summed E-state index contributed by atoms with van der Waals surface area (Å²) >= 11 is 0. The first-order valence-electron chi connectivity index (χ1n) is 3.97. The van der Waals surface area contributed by atoms with Crippen LogP contribution in [0.15, 0.2) is 0 Å². The van der Waals surface area contributed by atoms with Crippen molar-refractivity contribution in [2.24, 2.45) is 0 Å². The van der Waals surface area contributed by atoms with Gasteiger partial charge in [0.05, 0.1) is 7.11 Å². The zero-order chi connectivity index (χ0) is 9.90. The van der Waals surface area contributed by atoms with E-state index in [9.17, 15) is 4.79 Å². The molecule has 1 N–H and O–H groups in total. The van der Waals surface area contributed by atoms with E-state index in [1.54, 1.807) is 6.92 Å². The van der Waals surface area contributed by atoms with E-state index < -0.39 is 5.41 Å². The van der Waals surface area contributed by atoms with Gasteiger partial charge in [0.15, 0.2) is 5.82 Å². The number of hydrogen-bond donors (Lipinski definition) is 1. The number of hydrogen-bond acceptors (Lipinski definition) is 5. The number of nitrogens with zero attached hydrogens (tertiary/aromatic N) is 3. The molecule has 6 heteroatoms. The summed E-state index contributed by atoms with van der Waals surface area (Å²) in [7, 11) is 1.34. The van der Waals surface area contributed by atoms with Gasteiger partial charge in [-0.05, 0) is 13.3 Å². The Balaban J connectivity index is 3.01. The Morgan fingerprint density at radius 3 is 2.77 bits per heavy atom. The van der Waals surface area contributed by atoms with Crippen LogP contribution in [0.5, 0.6) is 0 Å². The van der Waals surface area contributed by atoms with Crippen molar-refractivity contribution in [2.75, 3.05) is 7.11 Å². The molecular formula is C7H12N4O2. The highest BCUT2D eigenvalue weighted by atomic mass is 16.5. The van der Waals surface area contributed by atoms with Crippen LogP contribution in [-0.2, 0) is 14.9 Å². The summed E-state index contributed by atoms with van der Waals surface area (Å²) in [6.07, 6.45) is 0.569. The Morgan fingerprint density at radius 1 is 1.69 bits per heavy atom. The first kappa shape index (κ1) is 9.63. The van der Waals surface area contributed by atoms with Crippen LogP contribution in [0.2, 0.25) is 0 Å². The van der Waals surface area contributed by atoms with Crippen molar-refractivity contribution in [3.63, 3.8) is 0 Å². The van der Waals surface area contributed by atoms with Crippen LogP contribution in [0.3, 0.4) is 0 Å². The van der Waals surface area contributed by atoms with Crippen LogP contribution in [0.4, 0.5) is 0 Å². The van der Waals surface area contributed by atoms with Crippen molar-refractivity contribution in [2.45, 2.75) is 25.7 Å². The van der Waals surface area contributed by atoms with Crippen LogP contribution in [0.25, 0.3) is 0 Å². The van der Waals surface area contributed by atoms with E-state index in [4.69, 9.17) is 0 Å². The monoisotopic (exact) mass is 184 g/mol. The Hall–Kier alpha value is -1.46. The zero-order valence-electron chi connectivity index (χ0n) is 7.87. The lowest BCUT2D eigenvalue weighted by atomic mass is 9.87. The number of H-pyrrole nitrogens is 1. The molecule has 0 aliphatic rings. The maximum absolute atomic E-state index is 11.4. The van der Waals surface area contributed by atoms with Crippen LogP contribution in [0, 0.1) is 0 Å². The molecule has 0 spiro atoms. The maximum atomic E-state index is 11.4. The molecular weight excluding hydrogens is 172 g/mol. The first-order chi connectivity index (χ1) is 6.15. The van der Waals surface area contributed by atoms with Crippen molar-refractivity contribution < 1.29 is 9.53 Å². The summed E-state index contributed by atoms with van der Waals surface area (Å²) in [5, 5.41) is 13.3.